The van der Waals surface area contributed by atoms with Gasteiger partial charge in [0.25, 0.3) is 0 Å². The Hall–Kier alpha value is -2.86. The highest BCUT2D eigenvalue weighted by Crippen LogP contribution is 2.41. The summed E-state index contributed by atoms with van der Waals surface area (Å²) < 4.78 is 1.03. The molecule has 0 aliphatic carbocycles. The van der Waals surface area contributed by atoms with E-state index in [1.807, 2.05) is 0 Å². The Morgan fingerprint density at radius 1 is 1.00 bits per heavy atom. The van der Waals surface area contributed by atoms with Gasteiger partial charge in [-0.15, -0.1) is 0 Å². The maximum absolute atomic E-state index is 9.44. The van der Waals surface area contributed by atoms with Crippen LogP contribution in [-0.4, -0.2) is 19.7 Å². The van der Waals surface area contributed by atoms with Crippen LogP contribution in [0.2, 0.25) is 0 Å². The molecule has 0 unspecified atom stereocenters. The Morgan fingerprint density at radius 2 is 1.62 bits per heavy atom. The van der Waals surface area contributed by atoms with Gasteiger partial charge in [0.15, 0.2) is 5.75 Å². The van der Waals surface area contributed by atoms with Crippen LogP contribution in [0.5, 0.6) is 17.4 Å². The molecule has 0 aliphatic heterocycles. The molecule has 78 valence electrons. The first kappa shape index (κ1) is 9.69. The number of nitrogens with zero attached hydrogens (tertiary/aromatic N) is 3. The number of hydrogen-bond acceptors (Lipinski definition) is 5. The van der Waals surface area contributed by atoms with E-state index in [-0.39, 0.29) is 16.6 Å². The molecule has 16 heavy (non-hydrogen) atoms. The molecule has 2 heterocycles. The van der Waals surface area contributed by atoms with Gasteiger partial charge >= 0.3 is 0 Å². The van der Waals surface area contributed by atoms with Crippen molar-refractivity contribution >= 4 is 5.52 Å². The number of pyridine rings is 1. The Kier molecular flexibility index (Phi) is 1.86. The van der Waals surface area contributed by atoms with Crippen LogP contribution in [0.25, 0.3) is 5.52 Å². The standard InChI is InChI=1S/C10H5N3O3/c11-2-5-1-7-8(14)9(15)10(16)13(7)4-6(5)3-12/h1,4,14-16H. The molecule has 2 rings (SSSR count). The maximum atomic E-state index is 9.44. The molecule has 0 radical (unpaired) electrons. The maximum Gasteiger partial charge on any atom is 0.243 e. The molecular formula is C10H5N3O3. The molecule has 0 aliphatic rings. The van der Waals surface area contributed by atoms with E-state index in [1.165, 1.54) is 12.3 Å². The fourth-order valence-corrected chi connectivity index (χ4v) is 1.43. The Morgan fingerprint density at radius 3 is 2.19 bits per heavy atom. The van der Waals surface area contributed by atoms with E-state index in [2.05, 4.69) is 0 Å². The summed E-state index contributed by atoms with van der Waals surface area (Å²) in [5.74, 6) is -1.79. The second-order valence-electron chi connectivity index (χ2n) is 3.10. The van der Waals surface area contributed by atoms with E-state index in [0.29, 0.717) is 0 Å². The summed E-state index contributed by atoms with van der Waals surface area (Å²) in [6.45, 7) is 0. The molecule has 2 aromatic rings. The Balaban J connectivity index is 2.98. The number of aromatic hydroxyl groups is 3. The van der Waals surface area contributed by atoms with Gasteiger partial charge in [-0.1, -0.05) is 0 Å². The Bertz CT molecular complexity index is 616. The van der Waals surface area contributed by atoms with Crippen LogP contribution in [0.1, 0.15) is 11.1 Å². The van der Waals surface area contributed by atoms with E-state index in [1.54, 1.807) is 12.1 Å². The third-order valence-corrected chi connectivity index (χ3v) is 2.24. The van der Waals surface area contributed by atoms with E-state index < -0.39 is 17.4 Å². The van der Waals surface area contributed by atoms with Gasteiger partial charge in [0.2, 0.25) is 11.6 Å². The van der Waals surface area contributed by atoms with Gasteiger partial charge in [0.05, 0.1) is 16.6 Å². The van der Waals surface area contributed by atoms with Crippen LogP contribution in [0, 0.1) is 22.7 Å². The lowest BCUT2D eigenvalue weighted by molar-refractivity contribution is 0.368. The van der Waals surface area contributed by atoms with Crippen LogP contribution in [0.4, 0.5) is 0 Å². The van der Waals surface area contributed by atoms with E-state index in [0.717, 1.165) is 4.40 Å². The van der Waals surface area contributed by atoms with Crippen molar-refractivity contribution in [2.45, 2.75) is 0 Å². The molecule has 0 saturated heterocycles. The second kappa shape index (κ2) is 3.07. The summed E-state index contributed by atoms with van der Waals surface area (Å²) in [6.07, 6.45) is 1.17. The first-order valence-electron chi connectivity index (χ1n) is 4.19. The molecule has 0 bridgehead atoms. The predicted octanol–water partition coefficient (Wildman–Crippen LogP) is 0.799. The number of hydrogen-bond donors (Lipinski definition) is 3. The van der Waals surface area contributed by atoms with Gasteiger partial charge in [-0.05, 0) is 6.07 Å². The van der Waals surface area contributed by atoms with Gasteiger partial charge < -0.3 is 15.3 Å². The largest absolute Gasteiger partial charge is 0.503 e. The summed E-state index contributed by atoms with van der Waals surface area (Å²) in [7, 11) is 0. The van der Waals surface area contributed by atoms with Crippen LogP contribution in [0.3, 0.4) is 0 Å². The molecule has 0 atom stereocenters. The zero-order valence-corrected chi connectivity index (χ0v) is 7.84. The van der Waals surface area contributed by atoms with Gasteiger partial charge in [-0.2, -0.15) is 10.5 Å². The third kappa shape index (κ3) is 1.04. The normalized spacial score (nSPS) is 9.88. The number of fused-ring (bicyclic) bond motifs is 1. The minimum absolute atomic E-state index is 0.0419. The fourth-order valence-electron chi connectivity index (χ4n) is 1.43. The van der Waals surface area contributed by atoms with E-state index in [9.17, 15) is 15.3 Å². The molecular weight excluding hydrogens is 210 g/mol. The monoisotopic (exact) mass is 215 g/mol. The molecule has 6 heteroatoms. The summed E-state index contributed by atoms with van der Waals surface area (Å²) >= 11 is 0. The number of rotatable bonds is 0. The zero-order valence-electron chi connectivity index (χ0n) is 7.84. The fraction of sp³-hybridized carbons (Fsp3) is 0. The van der Waals surface area contributed by atoms with Crippen molar-refractivity contribution in [3.05, 3.63) is 23.4 Å². The molecule has 0 saturated carbocycles. The molecule has 2 aromatic heterocycles. The molecule has 0 amide bonds. The van der Waals surface area contributed by atoms with Gasteiger partial charge in [-0.25, -0.2) is 0 Å². The van der Waals surface area contributed by atoms with Crippen molar-refractivity contribution in [3.8, 4) is 29.5 Å². The predicted molar refractivity (Wildman–Crippen MR) is 51.8 cm³/mol. The zero-order chi connectivity index (χ0) is 11.9. The lowest BCUT2D eigenvalue weighted by atomic mass is 10.1. The van der Waals surface area contributed by atoms with Crippen molar-refractivity contribution < 1.29 is 15.3 Å². The highest BCUT2D eigenvalue weighted by molar-refractivity contribution is 5.73. The van der Waals surface area contributed by atoms with Gasteiger partial charge in [0.1, 0.15) is 12.1 Å². The quantitative estimate of drug-likeness (QED) is 0.601. The second-order valence-corrected chi connectivity index (χ2v) is 3.10. The number of nitriles is 2. The summed E-state index contributed by atoms with van der Waals surface area (Å²) in [5.41, 5.74) is 0.161. The minimum Gasteiger partial charge on any atom is -0.503 e. The minimum atomic E-state index is -0.682. The van der Waals surface area contributed by atoms with Crippen LogP contribution in [0.15, 0.2) is 12.3 Å². The third-order valence-electron chi connectivity index (χ3n) is 2.24. The lowest BCUT2D eigenvalue weighted by Gasteiger charge is -1.98. The smallest absolute Gasteiger partial charge is 0.243 e. The van der Waals surface area contributed by atoms with Crippen molar-refractivity contribution in [1.29, 1.82) is 10.5 Å². The first-order chi connectivity index (χ1) is 7.60. The van der Waals surface area contributed by atoms with Gasteiger partial charge in [0, 0.05) is 6.20 Å². The highest BCUT2D eigenvalue weighted by Gasteiger charge is 2.18. The van der Waals surface area contributed by atoms with Crippen molar-refractivity contribution in [3.63, 3.8) is 0 Å². The Labute approximate surface area is 89.4 Å². The van der Waals surface area contributed by atoms with E-state index in [4.69, 9.17) is 10.5 Å². The van der Waals surface area contributed by atoms with Crippen LogP contribution < -0.4 is 0 Å². The number of aromatic nitrogens is 1. The molecule has 6 nitrogen and oxygen atoms in total. The van der Waals surface area contributed by atoms with E-state index >= 15 is 0 Å². The van der Waals surface area contributed by atoms with Gasteiger partial charge in [-0.3, -0.25) is 4.40 Å². The highest BCUT2D eigenvalue weighted by atomic mass is 16.3. The summed E-state index contributed by atoms with van der Waals surface area (Å²) in [6, 6.07) is 4.78. The van der Waals surface area contributed by atoms with Crippen LogP contribution in [-0.2, 0) is 0 Å². The topological polar surface area (TPSA) is 113 Å². The molecule has 0 fully saturated rings. The SMILES string of the molecule is N#Cc1cc2c(O)c(O)c(O)n2cc1C#N. The molecule has 3 N–H and O–H groups in total. The molecule has 0 spiro atoms. The average Bonchev–Trinajstić information content (AvgIpc) is 2.52. The van der Waals surface area contributed by atoms with Crippen LogP contribution >= 0.6 is 0 Å². The molecule has 0 aromatic carbocycles. The average molecular weight is 215 g/mol. The first-order valence-corrected chi connectivity index (χ1v) is 4.19. The summed E-state index contributed by atoms with van der Waals surface area (Å²) in [5, 5.41) is 45.6. The van der Waals surface area contributed by atoms with Crippen molar-refractivity contribution in [2.75, 3.05) is 0 Å². The van der Waals surface area contributed by atoms with Crippen molar-refractivity contribution in [1.82, 2.24) is 4.40 Å². The lowest BCUT2D eigenvalue weighted by Crippen LogP contribution is -1.90. The summed E-state index contributed by atoms with van der Waals surface area (Å²) in [4.78, 5) is 0. The van der Waals surface area contributed by atoms with Crippen molar-refractivity contribution in [2.24, 2.45) is 0 Å².